The van der Waals surface area contributed by atoms with E-state index in [4.69, 9.17) is 18.9 Å². The quantitative estimate of drug-likeness (QED) is 0.205. The Balaban J connectivity index is 1.97. The second kappa shape index (κ2) is 13.1. The predicted octanol–water partition coefficient (Wildman–Crippen LogP) is 5.75. The van der Waals surface area contributed by atoms with Crippen LogP contribution in [-0.4, -0.2) is 36.5 Å². The molecule has 0 radical (unpaired) electrons. The van der Waals surface area contributed by atoms with Gasteiger partial charge >= 0.3 is 5.97 Å². The third-order valence-corrected chi connectivity index (χ3v) is 8.30. The Hall–Kier alpha value is -2.64. The van der Waals surface area contributed by atoms with E-state index in [1.54, 1.807) is 37.7 Å². The van der Waals surface area contributed by atoms with E-state index in [-0.39, 0.29) is 24.4 Å². The number of rotatable bonds is 9. The zero-order valence-corrected chi connectivity index (χ0v) is 28.5. The Labute approximate surface area is 265 Å². The number of carbonyl (C=O) groups is 1. The van der Waals surface area contributed by atoms with E-state index in [9.17, 15) is 9.59 Å². The first-order valence-corrected chi connectivity index (χ1v) is 15.8. The lowest BCUT2D eigenvalue weighted by molar-refractivity contribution is -0.139. The molecule has 2 heterocycles. The van der Waals surface area contributed by atoms with Crippen LogP contribution in [0.3, 0.4) is 0 Å². The summed E-state index contributed by atoms with van der Waals surface area (Å²) in [5.74, 6) is 1.23. The molecule has 1 aliphatic rings. The molecule has 8 nitrogen and oxygen atoms in total. The van der Waals surface area contributed by atoms with Crippen LogP contribution >= 0.6 is 49.9 Å². The van der Waals surface area contributed by atoms with Crippen LogP contribution in [0.4, 0.5) is 0 Å². The van der Waals surface area contributed by atoms with Gasteiger partial charge in [-0.15, -0.1) is 0 Å². The number of nitrogens with zero attached hydrogens (tertiary/aromatic N) is 2. The van der Waals surface area contributed by atoms with E-state index in [2.05, 4.69) is 43.5 Å². The van der Waals surface area contributed by atoms with Gasteiger partial charge in [0.05, 0.1) is 51.3 Å². The summed E-state index contributed by atoms with van der Waals surface area (Å²) < 4.78 is 26.8. The Morgan fingerprint density at radius 1 is 1.15 bits per heavy atom. The molecule has 4 rings (SSSR count). The molecule has 11 heteroatoms. The number of hydrogen-bond donors (Lipinski definition) is 0. The zero-order valence-electron chi connectivity index (χ0n) is 23.9. The maximum absolute atomic E-state index is 14.1. The van der Waals surface area contributed by atoms with E-state index in [0.717, 1.165) is 13.6 Å². The van der Waals surface area contributed by atoms with Gasteiger partial charge in [0, 0.05) is 10.0 Å². The molecule has 3 aromatic rings. The van der Waals surface area contributed by atoms with Gasteiger partial charge in [-0.05, 0) is 100 Å². The summed E-state index contributed by atoms with van der Waals surface area (Å²) in [4.78, 5) is 32.5. The van der Waals surface area contributed by atoms with Crippen molar-refractivity contribution in [3.63, 3.8) is 0 Å². The van der Waals surface area contributed by atoms with E-state index in [1.165, 1.54) is 11.3 Å². The summed E-state index contributed by atoms with van der Waals surface area (Å²) in [6.07, 6.45) is 1.70. The largest absolute Gasteiger partial charge is 0.493 e. The van der Waals surface area contributed by atoms with Crippen LogP contribution in [0.15, 0.2) is 55.9 Å². The minimum Gasteiger partial charge on any atom is -0.493 e. The number of thiazole rings is 1. The molecule has 0 saturated heterocycles. The van der Waals surface area contributed by atoms with Gasteiger partial charge in [-0.1, -0.05) is 33.3 Å². The van der Waals surface area contributed by atoms with E-state index in [0.29, 0.717) is 43.4 Å². The Morgan fingerprint density at radius 2 is 1.85 bits per heavy atom. The Morgan fingerprint density at radius 3 is 2.49 bits per heavy atom. The lowest BCUT2D eigenvalue weighted by Crippen LogP contribution is -2.40. The van der Waals surface area contributed by atoms with Gasteiger partial charge in [0.15, 0.2) is 16.3 Å². The fourth-order valence-electron chi connectivity index (χ4n) is 4.50. The molecule has 1 aromatic heterocycles. The van der Waals surface area contributed by atoms with Crippen molar-refractivity contribution in [2.45, 2.75) is 59.8 Å². The molecular weight excluding hydrogens is 723 g/mol. The van der Waals surface area contributed by atoms with Crippen LogP contribution in [0.2, 0.25) is 0 Å². The number of fused-ring (bicyclic) bond motifs is 1. The van der Waals surface area contributed by atoms with Crippen molar-refractivity contribution in [3.8, 4) is 17.2 Å². The van der Waals surface area contributed by atoms with Crippen LogP contribution in [-0.2, 0) is 9.53 Å². The number of esters is 1. The highest BCUT2D eigenvalue weighted by Crippen LogP contribution is 2.37. The molecule has 0 amide bonds. The SMILES string of the molecule is CCOC(=O)C1=C(C)N=c2s/c(=C/c3cc(Br)cc(I)c3OC(C)C)c(=O)n2[C@H]1c1ccc(OC(C)C)c(OC)c1. The monoisotopic (exact) mass is 754 g/mol. The van der Waals surface area contributed by atoms with Crippen LogP contribution in [0.1, 0.15) is 58.7 Å². The normalized spacial score (nSPS) is 15.2. The van der Waals surface area contributed by atoms with E-state index >= 15 is 0 Å². The first-order valence-electron chi connectivity index (χ1n) is 13.1. The van der Waals surface area contributed by atoms with Crippen molar-refractivity contribution in [1.82, 2.24) is 4.57 Å². The standard InChI is InChI=1S/C30H32BrIN2O6S/c1-8-38-29(36)25-17(6)33-30-34(26(25)18-9-10-22(39-15(2)3)23(12-18)37-7)28(35)24(41-30)13-19-11-20(31)14-21(32)27(19)40-16(4)5/h9-16,26H,8H2,1-7H3/b24-13+/t26-/m0/s1. The Bertz CT molecular complexity index is 1690. The average Bonchev–Trinajstić information content (AvgIpc) is 3.19. The lowest BCUT2D eigenvalue weighted by atomic mass is 9.95. The number of hydrogen-bond acceptors (Lipinski definition) is 8. The molecule has 0 spiro atoms. The first-order chi connectivity index (χ1) is 19.4. The van der Waals surface area contributed by atoms with Gasteiger partial charge < -0.3 is 18.9 Å². The molecule has 0 bridgehead atoms. The number of allylic oxidation sites excluding steroid dienone is 1. The molecule has 0 fully saturated rings. The zero-order chi connectivity index (χ0) is 30.0. The van der Waals surface area contributed by atoms with Crippen molar-refractivity contribution in [3.05, 3.63) is 80.5 Å². The molecule has 0 aliphatic carbocycles. The number of aromatic nitrogens is 1. The van der Waals surface area contributed by atoms with Crippen molar-refractivity contribution in [1.29, 1.82) is 0 Å². The highest BCUT2D eigenvalue weighted by atomic mass is 127. The van der Waals surface area contributed by atoms with E-state index < -0.39 is 12.0 Å². The third kappa shape index (κ3) is 6.72. The topological polar surface area (TPSA) is 88.4 Å². The summed E-state index contributed by atoms with van der Waals surface area (Å²) in [7, 11) is 1.56. The lowest BCUT2D eigenvalue weighted by Gasteiger charge is -2.25. The maximum Gasteiger partial charge on any atom is 0.338 e. The second-order valence-electron chi connectivity index (χ2n) is 9.85. The summed E-state index contributed by atoms with van der Waals surface area (Å²) in [5, 5.41) is 0. The fourth-order valence-corrected chi connectivity index (χ4v) is 7.22. The minimum absolute atomic E-state index is 0.0505. The van der Waals surface area contributed by atoms with E-state index in [1.807, 2.05) is 52.0 Å². The minimum atomic E-state index is -0.775. The first kappa shape index (κ1) is 31.3. The third-order valence-electron chi connectivity index (χ3n) is 6.06. The molecule has 1 atom stereocenters. The maximum atomic E-state index is 14.1. The summed E-state index contributed by atoms with van der Waals surface area (Å²) >= 11 is 7.05. The summed E-state index contributed by atoms with van der Waals surface area (Å²) in [6.45, 7) is 11.5. The highest BCUT2D eigenvalue weighted by molar-refractivity contribution is 14.1. The van der Waals surface area contributed by atoms with Crippen molar-refractivity contribution >= 4 is 61.9 Å². The molecule has 41 heavy (non-hydrogen) atoms. The smallest absolute Gasteiger partial charge is 0.338 e. The van der Waals surface area contributed by atoms with Crippen LogP contribution in [0.25, 0.3) is 6.08 Å². The molecule has 218 valence electrons. The van der Waals surface area contributed by atoms with Crippen LogP contribution < -0.4 is 29.1 Å². The van der Waals surface area contributed by atoms with Gasteiger partial charge in [0.2, 0.25) is 0 Å². The molecule has 0 saturated carbocycles. The predicted molar refractivity (Wildman–Crippen MR) is 172 cm³/mol. The number of ether oxygens (including phenoxy) is 4. The van der Waals surface area contributed by atoms with Gasteiger partial charge in [-0.2, -0.15) is 0 Å². The molecule has 2 aromatic carbocycles. The summed E-state index contributed by atoms with van der Waals surface area (Å²) in [5.41, 5.74) is 1.94. The van der Waals surface area contributed by atoms with Crippen LogP contribution in [0.5, 0.6) is 17.2 Å². The number of methoxy groups -OCH3 is 1. The number of halogens is 2. The molecular formula is C30H32BrIN2O6S. The fraction of sp³-hybridized carbons (Fsp3) is 0.367. The van der Waals surface area contributed by atoms with Gasteiger partial charge in [-0.3, -0.25) is 9.36 Å². The average molecular weight is 755 g/mol. The molecule has 0 unspecified atom stereocenters. The van der Waals surface area contributed by atoms with Gasteiger partial charge in [0.25, 0.3) is 5.56 Å². The van der Waals surface area contributed by atoms with Crippen molar-refractivity contribution < 1.29 is 23.7 Å². The van der Waals surface area contributed by atoms with Gasteiger partial charge in [-0.25, -0.2) is 9.79 Å². The highest BCUT2D eigenvalue weighted by Gasteiger charge is 2.34. The van der Waals surface area contributed by atoms with Crippen LogP contribution in [0, 0.1) is 3.57 Å². The van der Waals surface area contributed by atoms with Gasteiger partial charge in [0.1, 0.15) is 5.75 Å². The molecule has 0 N–H and O–H groups in total. The number of benzene rings is 2. The summed E-state index contributed by atoms with van der Waals surface area (Å²) in [6, 6.07) is 8.54. The van der Waals surface area contributed by atoms with Crippen molar-refractivity contribution in [2.75, 3.05) is 13.7 Å². The second-order valence-corrected chi connectivity index (χ2v) is 12.9. The van der Waals surface area contributed by atoms with Crippen molar-refractivity contribution in [2.24, 2.45) is 4.99 Å². The Kier molecular flexibility index (Phi) is 10.0. The molecule has 1 aliphatic heterocycles. The number of carbonyl (C=O) groups excluding carboxylic acids is 1.